The molecule has 5 nitrogen and oxygen atoms in total. The van der Waals surface area contributed by atoms with Crippen LogP contribution < -0.4 is 15.4 Å². The van der Waals surface area contributed by atoms with Gasteiger partial charge in [-0.15, -0.1) is 0 Å². The van der Waals surface area contributed by atoms with Gasteiger partial charge >= 0.3 is 0 Å². The first-order valence-electron chi connectivity index (χ1n) is 9.12. The number of nitrogens with one attached hydrogen (secondary N) is 2. The normalized spacial score (nSPS) is 10.2. The molecule has 28 heavy (non-hydrogen) atoms. The Hall–Kier alpha value is -3.60. The topological polar surface area (TPSA) is 67.4 Å². The third-order valence-corrected chi connectivity index (χ3v) is 4.06. The Balaban J connectivity index is 1.55. The van der Waals surface area contributed by atoms with Crippen LogP contribution in [0, 0.1) is 0 Å². The fraction of sp³-hybridized carbons (Fsp3) is 0.130. The van der Waals surface area contributed by atoms with Gasteiger partial charge in [0.15, 0.2) is 0 Å². The number of anilines is 2. The van der Waals surface area contributed by atoms with E-state index in [2.05, 4.69) is 10.6 Å². The van der Waals surface area contributed by atoms with Gasteiger partial charge in [0.1, 0.15) is 5.75 Å². The molecule has 0 saturated carbocycles. The van der Waals surface area contributed by atoms with Crippen LogP contribution in [-0.4, -0.2) is 18.4 Å². The summed E-state index contributed by atoms with van der Waals surface area (Å²) in [5.41, 5.74) is 2.80. The van der Waals surface area contributed by atoms with Crippen LogP contribution in [0.5, 0.6) is 5.75 Å². The van der Waals surface area contributed by atoms with E-state index in [0.717, 1.165) is 11.3 Å². The first kappa shape index (κ1) is 19.2. The van der Waals surface area contributed by atoms with Gasteiger partial charge in [-0.3, -0.25) is 9.59 Å². The molecule has 142 valence electrons. The SMILES string of the molecule is CCOc1ccc(NC(=O)c2ccc(NC(=O)Cc3ccccc3)cc2)cc1. The van der Waals surface area contributed by atoms with Gasteiger partial charge < -0.3 is 15.4 Å². The molecule has 0 bridgehead atoms. The number of carbonyl (C=O) groups excluding carboxylic acids is 2. The molecule has 0 aromatic heterocycles. The summed E-state index contributed by atoms with van der Waals surface area (Å²) < 4.78 is 5.39. The highest BCUT2D eigenvalue weighted by molar-refractivity contribution is 6.04. The molecule has 0 heterocycles. The Morgan fingerprint density at radius 2 is 1.39 bits per heavy atom. The predicted octanol–water partition coefficient (Wildman–Crippen LogP) is 4.52. The van der Waals surface area contributed by atoms with Crippen LogP contribution in [-0.2, 0) is 11.2 Å². The smallest absolute Gasteiger partial charge is 0.255 e. The standard InChI is InChI=1S/C23H22N2O3/c1-2-28-21-14-12-20(13-15-21)25-23(27)18-8-10-19(11-9-18)24-22(26)16-17-6-4-3-5-7-17/h3-15H,2,16H2,1H3,(H,24,26)(H,25,27). The third-order valence-electron chi connectivity index (χ3n) is 4.06. The lowest BCUT2D eigenvalue weighted by Crippen LogP contribution is -2.15. The Labute approximate surface area is 164 Å². The van der Waals surface area contributed by atoms with Gasteiger partial charge in [0, 0.05) is 16.9 Å². The van der Waals surface area contributed by atoms with Crippen LogP contribution in [0.4, 0.5) is 11.4 Å². The minimum Gasteiger partial charge on any atom is -0.494 e. The second-order valence-corrected chi connectivity index (χ2v) is 6.20. The molecule has 0 aliphatic rings. The van der Waals surface area contributed by atoms with Crippen molar-refractivity contribution in [1.82, 2.24) is 0 Å². The van der Waals surface area contributed by atoms with Gasteiger partial charge in [-0.05, 0) is 61.0 Å². The second kappa shape index (κ2) is 9.37. The van der Waals surface area contributed by atoms with Crippen LogP contribution in [0.25, 0.3) is 0 Å². The maximum absolute atomic E-state index is 12.4. The van der Waals surface area contributed by atoms with Crippen molar-refractivity contribution in [2.24, 2.45) is 0 Å². The number of hydrogen-bond donors (Lipinski definition) is 2. The molecule has 5 heteroatoms. The fourth-order valence-electron chi connectivity index (χ4n) is 2.70. The van der Waals surface area contributed by atoms with E-state index in [4.69, 9.17) is 4.74 Å². The van der Waals surface area contributed by atoms with Crippen LogP contribution >= 0.6 is 0 Å². The maximum Gasteiger partial charge on any atom is 0.255 e. The van der Waals surface area contributed by atoms with Crippen molar-refractivity contribution >= 4 is 23.2 Å². The summed E-state index contributed by atoms with van der Waals surface area (Å²) in [4.78, 5) is 24.5. The zero-order valence-electron chi connectivity index (χ0n) is 15.6. The molecule has 3 rings (SSSR count). The Bertz CT molecular complexity index is 920. The highest BCUT2D eigenvalue weighted by Crippen LogP contribution is 2.17. The van der Waals surface area contributed by atoms with Crippen LogP contribution in [0.2, 0.25) is 0 Å². The number of hydrogen-bond acceptors (Lipinski definition) is 3. The van der Waals surface area contributed by atoms with Gasteiger partial charge in [0.2, 0.25) is 5.91 Å². The first-order chi connectivity index (χ1) is 13.6. The van der Waals surface area contributed by atoms with Gasteiger partial charge in [0.05, 0.1) is 13.0 Å². The minimum absolute atomic E-state index is 0.0993. The highest BCUT2D eigenvalue weighted by Gasteiger charge is 2.08. The summed E-state index contributed by atoms with van der Waals surface area (Å²) in [6, 6.07) is 23.5. The highest BCUT2D eigenvalue weighted by atomic mass is 16.5. The first-order valence-corrected chi connectivity index (χ1v) is 9.12. The van der Waals surface area contributed by atoms with Crippen molar-refractivity contribution in [2.45, 2.75) is 13.3 Å². The van der Waals surface area contributed by atoms with E-state index in [0.29, 0.717) is 30.0 Å². The molecule has 0 saturated heterocycles. The molecule has 0 aliphatic carbocycles. The third kappa shape index (κ3) is 5.45. The summed E-state index contributed by atoms with van der Waals surface area (Å²) >= 11 is 0. The molecule has 2 amide bonds. The van der Waals surface area contributed by atoms with Crippen LogP contribution in [0.15, 0.2) is 78.9 Å². The summed E-state index contributed by atoms with van der Waals surface area (Å²) in [5, 5.41) is 5.68. The van der Waals surface area contributed by atoms with E-state index in [1.165, 1.54) is 0 Å². The average Bonchev–Trinajstić information content (AvgIpc) is 2.71. The largest absolute Gasteiger partial charge is 0.494 e. The van der Waals surface area contributed by atoms with Gasteiger partial charge in [0.25, 0.3) is 5.91 Å². The zero-order valence-corrected chi connectivity index (χ0v) is 15.6. The monoisotopic (exact) mass is 374 g/mol. The summed E-state index contributed by atoms with van der Waals surface area (Å²) in [5.74, 6) is 0.445. The zero-order chi connectivity index (χ0) is 19.8. The number of carbonyl (C=O) groups is 2. The lowest BCUT2D eigenvalue weighted by Gasteiger charge is -2.09. The molecule has 0 radical (unpaired) electrons. The quantitative estimate of drug-likeness (QED) is 0.639. The van der Waals surface area contributed by atoms with Crippen molar-refractivity contribution in [3.63, 3.8) is 0 Å². The summed E-state index contributed by atoms with van der Waals surface area (Å²) in [6.45, 7) is 2.52. The van der Waals surface area contributed by atoms with Crippen molar-refractivity contribution in [3.05, 3.63) is 90.0 Å². The van der Waals surface area contributed by atoms with Crippen molar-refractivity contribution in [1.29, 1.82) is 0 Å². The number of benzene rings is 3. The van der Waals surface area contributed by atoms with Crippen molar-refractivity contribution in [2.75, 3.05) is 17.2 Å². The predicted molar refractivity (Wildman–Crippen MR) is 111 cm³/mol. The molecule has 3 aromatic rings. The lowest BCUT2D eigenvalue weighted by molar-refractivity contribution is -0.115. The minimum atomic E-state index is -0.216. The molecule has 3 aromatic carbocycles. The van der Waals surface area contributed by atoms with E-state index >= 15 is 0 Å². The molecule has 0 atom stereocenters. The van der Waals surface area contributed by atoms with Gasteiger partial charge in [-0.25, -0.2) is 0 Å². The summed E-state index contributed by atoms with van der Waals surface area (Å²) in [7, 11) is 0. The summed E-state index contributed by atoms with van der Waals surface area (Å²) in [6.07, 6.45) is 0.306. The van der Waals surface area contributed by atoms with Gasteiger partial charge in [-0.2, -0.15) is 0 Å². The molecule has 2 N–H and O–H groups in total. The Morgan fingerprint density at radius 3 is 2.04 bits per heavy atom. The van der Waals surface area contributed by atoms with E-state index in [-0.39, 0.29) is 11.8 Å². The van der Waals surface area contributed by atoms with E-state index in [9.17, 15) is 9.59 Å². The van der Waals surface area contributed by atoms with E-state index in [1.807, 2.05) is 49.4 Å². The Kier molecular flexibility index (Phi) is 6.41. The number of ether oxygens (including phenoxy) is 1. The average molecular weight is 374 g/mol. The molecular weight excluding hydrogens is 352 g/mol. The molecular formula is C23H22N2O3. The lowest BCUT2D eigenvalue weighted by atomic mass is 10.1. The van der Waals surface area contributed by atoms with E-state index < -0.39 is 0 Å². The Morgan fingerprint density at radius 1 is 0.786 bits per heavy atom. The maximum atomic E-state index is 12.4. The second-order valence-electron chi connectivity index (χ2n) is 6.20. The van der Waals surface area contributed by atoms with Crippen LogP contribution in [0.1, 0.15) is 22.8 Å². The molecule has 0 fully saturated rings. The number of amides is 2. The van der Waals surface area contributed by atoms with Crippen molar-refractivity contribution in [3.8, 4) is 5.75 Å². The molecule has 0 aliphatic heterocycles. The van der Waals surface area contributed by atoms with Crippen molar-refractivity contribution < 1.29 is 14.3 Å². The van der Waals surface area contributed by atoms with E-state index in [1.54, 1.807) is 36.4 Å². The number of rotatable bonds is 7. The molecule has 0 unspecified atom stereocenters. The fourth-order valence-corrected chi connectivity index (χ4v) is 2.70. The molecule has 0 spiro atoms. The van der Waals surface area contributed by atoms with Crippen LogP contribution in [0.3, 0.4) is 0 Å². The van der Waals surface area contributed by atoms with Gasteiger partial charge in [-0.1, -0.05) is 30.3 Å².